The zero-order valence-electron chi connectivity index (χ0n) is 16.2. The number of hydrogen-bond acceptors (Lipinski definition) is 5. The number of hydrogen-bond donors (Lipinski definition) is 1. The number of fused-ring (bicyclic) bond motifs is 1. The van der Waals surface area contributed by atoms with Gasteiger partial charge >= 0.3 is 5.97 Å². The Morgan fingerprint density at radius 3 is 2.77 bits per heavy atom. The van der Waals surface area contributed by atoms with Gasteiger partial charge in [0.15, 0.2) is 5.76 Å². The summed E-state index contributed by atoms with van der Waals surface area (Å²) in [5, 5.41) is 4.33. The third-order valence-electron chi connectivity index (χ3n) is 4.90. The molecule has 1 amide bonds. The topological polar surface area (TPSA) is 68.5 Å². The second-order valence-electron chi connectivity index (χ2n) is 6.88. The van der Waals surface area contributed by atoms with Crippen molar-refractivity contribution >= 4 is 51.4 Å². The molecule has 30 heavy (non-hydrogen) atoms. The number of nitrogens with one attached hydrogen (secondary N) is 1. The van der Waals surface area contributed by atoms with Crippen LogP contribution in [0.25, 0.3) is 11.3 Å². The van der Waals surface area contributed by atoms with Crippen LogP contribution in [0.1, 0.15) is 51.1 Å². The quantitative estimate of drug-likeness (QED) is 0.431. The molecule has 156 valence electrons. The molecule has 1 N–H and O–H groups in total. The van der Waals surface area contributed by atoms with Gasteiger partial charge in [0, 0.05) is 15.5 Å². The van der Waals surface area contributed by atoms with E-state index in [0.717, 1.165) is 36.1 Å². The van der Waals surface area contributed by atoms with Crippen molar-refractivity contribution in [3.63, 3.8) is 0 Å². The van der Waals surface area contributed by atoms with Gasteiger partial charge in [-0.3, -0.25) is 4.79 Å². The summed E-state index contributed by atoms with van der Waals surface area (Å²) in [5.41, 5.74) is 2.06. The minimum absolute atomic E-state index is 0.113. The van der Waals surface area contributed by atoms with Gasteiger partial charge in [-0.1, -0.05) is 23.2 Å². The lowest BCUT2D eigenvalue weighted by Crippen LogP contribution is -2.15. The molecule has 0 saturated heterocycles. The maximum atomic E-state index is 12.8. The number of furan rings is 1. The fourth-order valence-electron chi connectivity index (χ4n) is 3.53. The van der Waals surface area contributed by atoms with E-state index in [0.29, 0.717) is 31.9 Å². The first-order chi connectivity index (χ1) is 14.5. The second kappa shape index (κ2) is 8.84. The van der Waals surface area contributed by atoms with E-state index >= 15 is 0 Å². The van der Waals surface area contributed by atoms with Gasteiger partial charge in [0.1, 0.15) is 10.8 Å². The molecule has 0 aliphatic heterocycles. The average molecular weight is 464 g/mol. The normalized spacial score (nSPS) is 13.0. The maximum Gasteiger partial charge on any atom is 0.341 e. The van der Waals surface area contributed by atoms with E-state index in [1.807, 2.05) is 0 Å². The number of aryl methyl sites for hydroxylation is 1. The summed E-state index contributed by atoms with van der Waals surface area (Å²) in [6.45, 7) is 2.04. The predicted octanol–water partition coefficient (Wildman–Crippen LogP) is 6.62. The highest BCUT2D eigenvalue weighted by molar-refractivity contribution is 7.17. The van der Waals surface area contributed by atoms with Crippen molar-refractivity contribution in [1.82, 2.24) is 0 Å². The smallest absolute Gasteiger partial charge is 0.341 e. The van der Waals surface area contributed by atoms with E-state index in [1.54, 1.807) is 37.3 Å². The highest BCUT2D eigenvalue weighted by Crippen LogP contribution is 2.39. The zero-order valence-corrected chi connectivity index (χ0v) is 18.5. The first-order valence-electron chi connectivity index (χ1n) is 9.66. The molecule has 4 rings (SSSR count). The van der Waals surface area contributed by atoms with Crippen LogP contribution in [0.5, 0.6) is 0 Å². The lowest BCUT2D eigenvalue weighted by molar-refractivity contribution is 0.0526. The van der Waals surface area contributed by atoms with Crippen molar-refractivity contribution in [2.45, 2.75) is 32.6 Å². The Labute approximate surface area is 187 Å². The fourth-order valence-corrected chi connectivity index (χ4v) is 5.18. The zero-order chi connectivity index (χ0) is 21.3. The number of rotatable bonds is 5. The number of benzene rings is 1. The first kappa shape index (κ1) is 21.0. The molecule has 3 aromatic rings. The number of halogens is 2. The molecule has 1 aliphatic rings. The van der Waals surface area contributed by atoms with Gasteiger partial charge < -0.3 is 14.5 Å². The molecular weight excluding hydrogens is 445 g/mol. The van der Waals surface area contributed by atoms with Crippen LogP contribution in [-0.2, 0) is 17.6 Å². The summed E-state index contributed by atoms with van der Waals surface area (Å²) in [6.07, 6.45) is 3.81. The summed E-state index contributed by atoms with van der Waals surface area (Å²) in [7, 11) is 0. The number of carbonyl (C=O) groups excluding carboxylic acids is 2. The van der Waals surface area contributed by atoms with Gasteiger partial charge in [-0.25, -0.2) is 4.79 Å². The fraction of sp³-hybridized carbons (Fsp3) is 0.273. The third-order valence-corrected chi connectivity index (χ3v) is 6.67. The van der Waals surface area contributed by atoms with Gasteiger partial charge in [-0.2, -0.15) is 0 Å². The molecule has 0 spiro atoms. The number of ether oxygens (including phenoxy) is 1. The molecule has 0 fully saturated rings. The number of anilines is 1. The molecule has 0 saturated carbocycles. The van der Waals surface area contributed by atoms with E-state index in [-0.39, 0.29) is 12.4 Å². The van der Waals surface area contributed by atoms with Crippen molar-refractivity contribution in [1.29, 1.82) is 0 Å². The molecule has 0 atom stereocenters. The molecule has 2 heterocycles. The minimum atomic E-state index is -0.441. The Morgan fingerprint density at radius 2 is 1.97 bits per heavy atom. The summed E-state index contributed by atoms with van der Waals surface area (Å²) in [4.78, 5) is 26.5. The van der Waals surface area contributed by atoms with Crippen molar-refractivity contribution < 1.29 is 18.7 Å². The van der Waals surface area contributed by atoms with Crippen LogP contribution in [0.15, 0.2) is 34.7 Å². The molecule has 2 aromatic heterocycles. The van der Waals surface area contributed by atoms with Gasteiger partial charge in [0.25, 0.3) is 5.91 Å². The SMILES string of the molecule is CCOC(=O)c1c(NC(=O)c2ccc(-c3cc(Cl)ccc3Cl)o2)sc2c1CCCC2. The van der Waals surface area contributed by atoms with Crippen LogP contribution in [0.4, 0.5) is 5.00 Å². The summed E-state index contributed by atoms with van der Waals surface area (Å²) >= 11 is 13.7. The molecule has 0 radical (unpaired) electrons. The molecule has 8 heteroatoms. The van der Waals surface area contributed by atoms with Crippen molar-refractivity contribution in [3.05, 3.63) is 62.1 Å². The van der Waals surface area contributed by atoms with Crippen LogP contribution < -0.4 is 5.32 Å². The van der Waals surface area contributed by atoms with Crippen molar-refractivity contribution in [3.8, 4) is 11.3 Å². The summed E-state index contributed by atoms with van der Waals surface area (Å²) < 4.78 is 11.0. The highest BCUT2D eigenvalue weighted by Gasteiger charge is 2.28. The summed E-state index contributed by atoms with van der Waals surface area (Å²) in [6, 6.07) is 8.26. The Kier molecular flexibility index (Phi) is 6.18. The van der Waals surface area contributed by atoms with Crippen LogP contribution in [0.2, 0.25) is 10.0 Å². The Hall–Kier alpha value is -2.28. The summed E-state index contributed by atoms with van der Waals surface area (Å²) in [5.74, 6) is -0.299. The maximum absolute atomic E-state index is 12.8. The molecule has 5 nitrogen and oxygen atoms in total. The van der Waals surface area contributed by atoms with Gasteiger partial charge in [0.2, 0.25) is 0 Å². The van der Waals surface area contributed by atoms with E-state index in [9.17, 15) is 9.59 Å². The largest absolute Gasteiger partial charge is 0.462 e. The Morgan fingerprint density at radius 1 is 1.17 bits per heavy atom. The van der Waals surface area contributed by atoms with Crippen LogP contribution in [-0.4, -0.2) is 18.5 Å². The van der Waals surface area contributed by atoms with E-state index < -0.39 is 11.9 Å². The molecule has 1 aliphatic carbocycles. The van der Waals surface area contributed by atoms with Crippen LogP contribution in [0, 0.1) is 0 Å². The number of esters is 1. The third kappa shape index (κ3) is 4.13. The number of thiophene rings is 1. The van der Waals surface area contributed by atoms with Gasteiger partial charge in [0.05, 0.1) is 17.2 Å². The first-order valence-corrected chi connectivity index (χ1v) is 11.2. The Bertz CT molecular complexity index is 1120. The lowest BCUT2D eigenvalue weighted by Gasteiger charge is -2.12. The van der Waals surface area contributed by atoms with E-state index in [4.69, 9.17) is 32.4 Å². The monoisotopic (exact) mass is 463 g/mol. The highest BCUT2D eigenvalue weighted by atomic mass is 35.5. The molecule has 0 bridgehead atoms. The minimum Gasteiger partial charge on any atom is -0.462 e. The number of carbonyl (C=O) groups is 2. The standard InChI is InChI=1S/C22H19Cl2NO4S/c1-2-28-22(27)19-13-5-3-4-6-18(13)30-21(19)25-20(26)17-10-9-16(29-17)14-11-12(23)7-8-15(14)24/h7-11H,2-6H2,1H3,(H,25,26). The lowest BCUT2D eigenvalue weighted by atomic mass is 9.95. The van der Waals surface area contributed by atoms with Gasteiger partial charge in [-0.15, -0.1) is 11.3 Å². The van der Waals surface area contributed by atoms with Crippen LogP contribution >= 0.6 is 34.5 Å². The molecule has 0 unspecified atom stereocenters. The van der Waals surface area contributed by atoms with E-state index in [2.05, 4.69) is 5.32 Å². The number of amides is 1. The van der Waals surface area contributed by atoms with Crippen LogP contribution in [0.3, 0.4) is 0 Å². The average Bonchev–Trinajstić information content (AvgIpc) is 3.34. The predicted molar refractivity (Wildman–Crippen MR) is 119 cm³/mol. The molecule has 1 aromatic carbocycles. The van der Waals surface area contributed by atoms with E-state index in [1.165, 1.54) is 11.3 Å². The van der Waals surface area contributed by atoms with Crippen molar-refractivity contribution in [2.75, 3.05) is 11.9 Å². The Balaban J connectivity index is 1.62. The van der Waals surface area contributed by atoms with Crippen molar-refractivity contribution in [2.24, 2.45) is 0 Å². The molecular formula is C22H19Cl2NO4S. The second-order valence-corrected chi connectivity index (χ2v) is 8.83. The van der Waals surface area contributed by atoms with Gasteiger partial charge in [-0.05, 0) is 68.5 Å².